The van der Waals surface area contributed by atoms with E-state index in [2.05, 4.69) is 10.1 Å². The van der Waals surface area contributed by atoms with E-state index < -0.39 is 21.6 Å². The van der Waals surface area contributed by atoms with Crippen LogP contribution in [0, 0.1) is 0 Å². The maximum atomic E-state index is 12.8. The van der Waals surface area contributed by atoms with E-state index in [4.69, 9.17) is 10.3 Å². The van der Waals surface area contributed by atoms with Crippen molar-refractivity contribution < 1.29 is 12.9 Å². The summed E-state index contributed by atoms with van der Waals surface area (Å²) < 4.78 is 32.9. The lowest BCUT2D eigenvalue weighted by atomic mass is 9.99. The molecule has 1 unspecified atom stereocenters. The van der Waals surface area contributed by atoms with Crippen LogP contribution >= 0.6 is 23.7 Å². The van der Waals surface area contributed by atoms with Crippen LogP contribution in [0.1, 0.15) is 56.3 Å². The highest BCUT2D eigenvalue weighted by atomic mass is 35.5. The molecule has 1 atom stereocenters. The molecule has 0 amide bonds. The number of aromatic nitrogens is 2. The predicted molar refractivity (Wildman–Crippen MR) is 96.1 cm³/mol. The molecule has 2 N–H and O–H groups in total. The highest BCUT2D eigenvalue weighted by molar-refractivity contribution is 7.91. The number of halogens is 1. The van der Waals surface area contributed by atoms with Gasteiger partial charge in [0.1, 0.15) is 10.3 Å². The molecule has 1 aliphatic carbocycles. The molecule has 138 valence electrons. The van der Waals surface area contributed by atoms with E-state index in [0.717, 1.165) is 32.1 Å². The standard InChI is InChI=1S/C15H20N4O3S2.ClH/c16-15(7-1-2-8-15)14-17-13(22-18-14)11-5-3-9-19(11)24(20,21)12-6-4-10-23-12;/h4,6,10-11H,1-3,5,7-9,16H2;1H. The molecule has 2 fully saturated rings. The molecule has 25 heavy (non-hydrogen) atoms. The fourth-order valence-electron chi connectivity index (χ4n) is 3.60. The topological polar surface area (TPSA) is 102 Å². The van der Waals surface area contributed by atoms with E-state index >= 15 is 0 Å². The molecule has 2 aliphatic rings. The minimum absolute atomic E-state index is 0. The Bertz CT molecular complexity index is 816. The molecule has 1 saturated carbocycles. The summed E-state index contributed by atoms with van der Waals surface area (Å²) in [6, 6.07) is 2.97. The first-order valence-electron chi connectivity index (χ1n) is 8.19. The SMILES string of the molecule is Cl.NC1(c2noc(C3CCCN3S(=O)(=O)c3cccs3)n2)CCCC1. The molecule has 2 aromatic heterocycles. The summed E-state index contributed by atoms with van der Waals surface area (Å²) in [5, 5.41) is 5.83. The summed E-state index contributed by atoms with van der Waals surface area (Å²) in [6.45, 7) is 0.469. The van der Waals surface area contributed by atoms with E-state index in [-0.39, 0.29) is 12.4 Å². The molecule has 7 nitrogen and oxygen atoms in total. The van der Waals surface area contributed by atoms with Crippen molar-refractivity contribution in [2.45, 2.75) is 54.3 Å². The third-order valence-electron chi connectivity index (χ3n) is 4.93. The van der Waals surface area contributed by atoms with Crippen LogP contribution < -0.4 is 5.73 Å². The molecule has 10 heteroatoms. The maximum Gasteiger partial charge on any atom is 0.253 e. The van der Waals surface area contributed by atoms with Gasteiger partial charge in [-0.15, -0.1) is 23.7 Å². The molecule has 0 radical (unpaired) electrons. The lowest BCUT2D eigenvalue weighted by molar-refractivity contribution is 0.285. The van der Waals surface area contributed by atoms with Crippen LogP contribution in [-0.2, 0) is 15.6 Å². The van der Waals surface area contributed by atoms with Gasteiger partial charge in [-0.2, -0.15) is 9.29 Å². The van der Waals surface area contributed by atoms with Gasteiger partial charge in [0, 0.05) is 6.54 Å². The van der Waals surface area contributed by atoms with E-state index in [9.17, 15) is 8.42 Å². The van der Waals surface area contributed by atoms with Crippen molar-refractivity contribution >= 4 is 33.8 Å². The summed E-state index contributed by atoms with van der Waals surface area (Å²) in [6.07, 6.45) is 5.26. The first kappa shape index (κ1) is 18.8. The van der Waals surface area contributed by atoms with Crippen molar-refractivity contribution in [3.63, 3.8) is 0 Å². The second-order valence-corrected chi connectivity index (χ2v) is 9.59. The number of nitrogens with two attached hydrogens (primary N) is 1. The fourth-order valence-corrected chi connectivity index (χ4v) is 6.37. The van der Waals surface area contributed by atoms with Crippen molar-refractivity contribution in [1.82, 2.24) is 14.4 Å². The van der Waals surface area contributed by atoms with Gasteiger partial charge in [0.05, 0.1) is 5.54 Å². The fraction of sp³-hybridized carbons (Fsp3) is 0.600. The molecule has 0 aromatic carbocycles. The van der Waals surface area contributed by atoms with E-state index in [0.29, 0.717) is 28.9 Å². The van der Waals surface area contributed by atoms with Gasteiger partial charge in [0.15, 0.2) is 5.82 Å². The summed E-state index contributed by atoms with van der Waals surface area (Å²) >= 11 is 1.22. The molecule has 1 aliphatic heterocycles. The van der Waals surface area contributed by atoms with Gasteiger partial charge < -0.3 is 10.3 Å². The minimum Gasteiger partial charge on any atom is -0.337 e. The Kier molecular flexibility index (Phi) is 5.23. The van der Waals surface area contributed by atoms with Crippen molar-refractivity contribution in [3.05, 3.63) is 29.2 Å². The molecular formula is C15H21ClN4O3S2. The van der Waals surface area contributed by atoms with E-state index in [1.165, 1.54) is 15.6 Å². The number of nitrogens with zero attached hydrogens (tertiary/aromatic N) is 3. The van der Waals surface area contributed by atoms with E-state index in [1.807, 2.05) is 0 Å². The first-order valence-corrected chi connectivity index (χ1v) is 10.5. The van der Waals surface area contributed by atoms with Crippen molar-refractivity contribution in [3.8, 4) is 0 Å². The Labute approximate surface area is 157 Å². The molecule has 3 heterocycles. The van der Waals surface area contributed by atoms with Crippen LogP contribution in [0.15, 0.2) is 26.2 Å². The number of sulfonamides is 1. The van der Waals surface area contributed by atoms with Crippen LogP contribution in [0.25, 0.3) is 0 Å². The summed E-state index contributed by atoms with van der Waals surface area (Å²) in [7, 11) is -3.52. The second-order valence-electron chi connectivity index (χ2n) is 6.53. The Hall–Kier alpha value is -1.00. The van der Waals surface area contributed by atoms with Gasteiger partial charge in [-0.3, -0.25) is 0 Å². The van der Waals surface area contributed by atoms with Crippen molar-refractivity contribution in [1.29, 1.82) is 0 Å². The summed E-state index contributed by atoms with van der Waals surface area (Å²) in [4.78, 5) is 4.49. The molecule has 0 spiro atoms. The summed E-state index contributed by atoms with van der Waals surface area (Å²) in [5.74, 6) is 0.870. The van der Waals surface area contributed by atoms with E-state index in [1.54, 1.807) is 17.5 Å². The quantitative estimate of drug-likeness (QED) is 0.840. The number of hydrogen-bond acceptors (Lipinski definition) is 7. The smallest absolute Gasteiger partial charge is 0.253 e. The second kappa shape index (κ2) is 6.96. The maximum absolute atomic E-state index is 12.8. The number of rotatable bonds is 4. The van der Waals surface area contributed by atoms with Gasteiger partial charge in [0.2, 0.25) is 5.89 Å². The van der Waals surface area contributed by atoms with Crippen molar-refractivity contribution in [2.75, 3.05) is 6.54 Å². The summed E-state index contributed by atoms with van der Waals surface area (Å²) in [5.41, 5.74) is 5.84. The highest BCUT2D eigenvalue weighted by Gasteiger charge is 2.42. The first-order chi connectivity index (χ1) is 11.5. The normalized spacial score (nSPS) is 23.6. The van der Waals surface area contributed by atoms with Gasteiger partial charge in [-0.25, -0.2) is 8.42 Å². The van der Waals surface area contributed by atoms with Crippen molar-refractivity contribution in [2.24, 2.45) is 5.73 Å². The van der Waals surface area contributed by atoms with Gasteiger partial charge >= 0.3 is 0 Å². The molecule has 0 bridgehead atoms. The zero-order valence-electron chi connectivity index (χ0n) is 13.6. The largest absolute Gasteiger partial charge is 0.337 e. The molecule has 1 saturated heterocycles. The molecule has 2 aromatic rings. The average Bonchev–Trinajstić information content (AvgIpc) is 3.31. The minimum atomic E-state index is -3.52. The van der Waals surface area contributed by atoms with Crippen LogP contribution in [-0.4, -0.2) is 29.4 Å². The van der Waals surface area contributed by atoms with Gasteiger partial charge in [-0.1, -0.05) is 24.1 Å². The lowest BCUT2D eigenvalue weighted by Gasteiger charge is -2.20. The lowest BCUT2D eigenvalue weighted by Crippen LogP contribution is -2.34. The Morgan fingerprint density at radius 2 is 2.08 bits per heavy atom. The zero-order chi connectivity index (χ0) is 16.8. The molecular weight excluding hydrogens is 384 g/mol. The monoisotopic (exact) mass is 404 g/mol. The van der Waals surface area contributed by atoms with Gasteiger partial charge in [0.25, 0.3) is 10.0 Å². The number of hydrogen-bond donors (Lipinski definition) is 1. The third kappa shape index (κ3) is 3.23. The zero-order valence-corrected chi connectivity index (χ0v) is 16.1. The van der Waals surface area contributed by atoms with Crippen LogP contribution in [0.3, 0.4) is 0 Å². The Morgan fingerprint density at radius 3 is 2.76 bits per heavy atom. The van der Waals surface area contributed by atoms with Gasteiger partial charge in [-0.05, 0) is 37.1 Å². The Balaban J connectivity index is 0.00000182. The third-order valence-corrected chi connectivity index (χ3v) is 8.21. The highest BCUT2D eigenvalue weighted by Crippen LogP contribution is 2.39. The average molecular weight is 405 g/mol. The van der Waals surface area contributed by atoms with Crippen LogP contribution in [0.4, 0.5) is 0 Å². The van der Waals surface area contributed by atoms with Crippen LogP contribution in [0.5, 0.6) is 0 Å². The molecule has 4 rings (SSSR count). The van der Waals surface area contributed by atoms with Crippen LogP contribution in [0.2, 0.25) is 0 Å². The number of thiophene rings is 1. The predicted octanol–water partition coefficient (Wildman–Crippen LogP) is 2.81. The Morgan fingerprint density at radius 1 is 1.32 bits per heavy atom.